The van der Waals surface area contributed by atoms with Crippen LogP contribution in [0.2, 0.25) is 0 Å². The SMILES string of the molecule is COC(=O)c1ccc(NCc2nnc3n(C)c(=O)c4ccccc4n23)c(C)c1. The number of aromatic nitrogens is 4. The lowest BCUT2D eigenvalue weighted by Gasteiger charge is -2.11. The number of anilines is 1. The highest BCUT2D eigenvalue weighted by Gasteiger charge is 2.15. The number of aryl methyl sites for hydroxylation is 2. The predicted octanol–water partition coefficient (Wildman–Crippen LogP) is 2.29. The molecule has 4 rings (SSSR count). The van der Waals surface area contributed by atoms with Crippen LogP contribution in [0.4, 0.5) is 5.69 Å². The molecule has 0 radical (unpaired) electrons. The number of rotatable bonds is 4. The van der Waals surface area contributed by atoms with E-state index in [-0.39, 0.29) is 11.5 Å². The zero-order valence-corrected chi connectivity index (χ0v) is 15.8. The van der Waals surface area contributed by atoms with Crippen molar-refractivity contribution >= 4 is 28.3 Å². The van der Waals surface area contributed by atoms with E-state index in [1.54, 1.807) is 25.2 Å². The van der Waals surface area contributed by atoms with Gasteiger partial charge in [0.05, 0.1) is 30.1 Å². The third-order valence-electron chi connectivity index (χ3n) is 4.78. The molecule has 2 heterocycles. The van der Waals surface area contributed by atoms with Gasteiger partial charge in [-0.25, -0.2) is 4.79 Å². The van der Waals surface area contributed by atoms with Gasteiger partial charge in [0, 0.05) is 12.7 Å². The second-order valence-corrected chi connectivity index (χ2v) is 6.51. The van der Waals surface area contributed by atoms with Gasteiger partial charge in [-0.05, 0) is 42.8 Å². The van der Waals surface area contributed by atoms with Gasteiger partial charge < -0.3 is 10.1 Å². The summed E-state index contributed by atoms with van der Waals surface area (Å²) in [4.78, 5) is 24.2. The van der Waals surface area contributed by atoms with Crippen LogP contribution in [0.3, 0.4) is 0 Å². The molecule has 0 amide bonds. The van der Waals surface area contributed by atoms with Crippen molar-refractivity contribution in [2.24, 2.45) is 7.05 Å². The fourth-order valence-corrected chi connectivity index (χ4v) is 3.29. The highest BCUT2D eigenvalue weighted by molar-refractivity contribution is 5.90. The van der Waals surface area contributed by atoms with Crippen LogP contribution in [0, 0.1) is 6.92 Å². The maximum Gasteiger partial charge on any atom is 0.337 e. The number of nitrogens with zero attached hydrogens (tertiary/aromatic N) is 4. The van der Waals surface area contributed by atoms with Crippen LogP contribution in [0.25, 0.3) is 16.7 Å². The molecular weight excluding hydrogens is 358 g/mol. The lowest BCUT2D eigenvalue weighted by Crippen LogP contribution is -2.20. The number of carbonyl (C=O) groups excluding carboxylic acids is 1. The lowest BCUT2D eigenvalue weighted by molar-refractivity contribution is 0.0600. The van der Waals surface area contributed by atoms with Crippen LogP contribution in [-0.2, 0) is 18.3 Å². The van der Waals surface area contributed by atoms with Crippen LogP contribution in [0.1, 0.15) is 21.7 Å². The number of methoxy groups -OCH3 is 1. The van der Waals surface area contributed by atoms with Crippen LogP contribution in [0.15, 0.2) is 47.3 Å². The molecule has 8 heteroatoms. The van der Waals surface area contributed by atoms with Gasteiger partial charge in [-0.15, -0.1) is 10.2 Å². The summed E-state index contributed by atoms with van der Waals surface area (Å²) in [7, 11) is 3.05. The molecule has 0 saturated heterocycles. The van der Waals surface area contributed by atoms with Crippen molar-refractivity contribution < 1.29 is 9.53 Å². The van der Waals surface area contributed by atoms with Crippen LogP contribution >= 0.6 is 0 Å². The van der Waals surface area contributed by atoms with E-state index < -0.39 is 0 Å². The fourth-order valence-electron chi connectivity index (χ4n) is 3.29. The molecule has 142 valence electrons. The van der Waals surface area contributed by atoms with Crippen molar-refractivity contribution in [3.05, 3.63) is 69.8 Å². The summed E-state index contributed by atoms with van der Waals surface area (Å²) < 4.78 is 8.12. The monoisotopic (exact) mass is 377 g/mol. The summed E-state index contributed by atoms with van der Waals surface area (Å²) in [6.45, 7) is 2.32. The molecule has 0 saturated carbocycles. The summed E-state index contributed by atoms with van der Waals surface area (Å²) in [5.74, 6) is 0.794. The fraction of sp³-hybridized carbons (Fsp3) is 0.200. The molecular formula is C20H19N5O3. The number of carbonyl (C=O) groups is 1. The van der Waals surface area contributed by atoms with Gasteiger partial charge in [0.1, 0.15) is 0 Å². The molecule has 0 aliphatic carbocycles. The van der Waals surface area contributed by atoms with E-state index in [4.69, 9.17) is 4.74 Å². The number of para-hydroxylation sites is 1. The number of nitrogens with one attached hydrogen (secondary N) is 1. The molecule has 0 unspecified atom stereocenters. The average molecular weight is 377 g/mol. The molecule has 0 fully saturated rings. The molecule has 0 aliphatic rings. The molecule has 2 aromatic carbocycles. The molecule has 0 bridgehead atoms. The topological polar surface area (TPSA) is 90.5 Å². The van der Waals surface area contributed by atoms with E-state index in [2.05, 4.69) is 15.5 Å². The summed E-state index contributed by atoms with van der Waals surface area (Å²) in [5, 5.41) is 12.4. The van der Waals surface area contributed by atoms with Crippen molar-refractivity contribution in [1.82, 2.24) is 19.2 Å². The van der Waals surface area contributed by atoms with Crippen molar-refractivity contribution in [3.8, 4) is 0 Å². The van der Waals surface area contributed by atoms with Crippen molar-refractivity contribution in [3.63, 3.8) is 0 Å². The van der Waals surface area contributed by atoms with E-state index in [9.17, 15) is 9.59 Å². The Kier molecular flexibility index (Phi) is 4.31. The number of ether oxygens (including phenoxy) is 1. The summed E-state index contributed by atoms with van der Waals surface area (Å²) in [6.07, 6.45) is 0. The smallest absolute Gasteiger partial charge is 0.337 e. The third kappa shape index (κ3) is 2.79. The number of hydrogen-bond donors (Lipinski definition) is 1. The van der Waals surface area contributed by atoms with Crippen molar-refractivity contribution in [1.29, 1.82) is 0 Å². The van der Waals surface area contributed by atoms with E-state index in [1.807, 2.05) is 35.6 Å². The highest BCUT2D eigenvalue weighted by atomic mass is 16.5. The zero-order chi connectivity index (χ0) is 19.8. The Bertz CT molecular complexity index is 1270. The first-order valence-corrected chi connectivity index (χ1v) is 8.76. The van der Waals surface area contributed by atoms with Gasteiger partial charge in [0.15, 0.2) is 5.82 Å². The highest BCUT2D eigenvalue weighted by Crippen LogP contribution is 2.19. The quantitative estimate of drug-likeness (QED) is 0.549. The van der Waals surface area contributed by atoms with Crippen LogP contribution < -0.4 is 10.9 Å². The first-order valence-electron chi connectivity index (χ1n) is 8.76. The third-order valence-corrected chi connectivity index (χ3v) is 4.78. The largest absolute Gasteiger partial charge is 0.465 e. The van der Waals surface area contributed by atoms with Crippen molar-refractivity contribution in [2.75, 3.05) is 12.4 Å². The predicted molar refractivity (Wildman–Crippen MR) is 106 cm³/mol. The Morgan fingerprint density at radius 1 is 1.18 bits per heavy atom. The second kappa shape index (κ2) is 6.80. The van der Waals surface area contributed by atoms with Gasteiger partial charge in [-0.2, -0.15) is 0 Å². The minimum absolute atomic E-state index is 0.107. The standard InChI is InChI=1S/C20H19N5O3/c1-12-10-13(19(27)28-3)8-9-15(12)21-11-17-22-23-20-24(2)18(26)14-6-4-5-7-16(14)25(17)20/h4-10,21H,11H2,1-3H3. The molecule has 4 aromatic rings. The van der Waals surface area contributed by atoms with Gasteiger partial charge >= 0.3 is 5.97 Å². The molecule has 28 heavy (non-hydrogen) atoms. The van der Waals surface area contributed by atoms with E-state index in [0.717, 1.165) is 16.8 Å². The first-order chi connectivity index (χ1) is 13.5. The maximum absolute atomic E-state index is 12.5. The van der Waals surface area contributed by atoms with E-state index >= 15 is 0 Å². The summed E-state index contributed by atoms with van der Waals surface area (Å²) in [6, 6.07) is 12.7. The minimum atomic E-state index is -0.370. The van der Waals surface area contributed by atoms with Crippen LogP contribution in [-0.4, -0.2) is 32.2 Å². The van der Waals surface area contributed by atoms with Gasteiger partial charge in [-0.1, -0.05) is 12.1 Å². The molecule has 0 aliphatic heterocycles. The molecule has 2 aromatic heterocycles. The molecule has 8 nitrogen and oxygen atoms in total. The van der Waals surface area contributed by atoms with Crippen molar-refractivity contribution in [2.45, 2.75) is 13.5 Å². The maximum atomic E-state index is 12.5. The molecule has 0 spiro atoms. The zero-order valence-electron chi connectivity index (χ0n) is 15.8. The van der Waals surface area contributed by atoms with Gasteiger partial charge in [0.25, 0.3) is 5.56 Å². The van der Waals surface area contributed by atoms with E-state index in [0.29, 0.717) is 29.1 Å². The second-order valence-electron chi connectivity index (χ2n) is 6.51. The Balaban J connectivity index is 1.72. The summed E-state index contributed by atoms with van der Waals surface area (Å²) in [5.41, 5.74) is 2.94. The Morgan fingerprint density at radius 3 is 2.71 bits per heavy atom. The Hall–Kier alpha value is -3.68. The number of benzene rings is 2. The number of fused-ring (bicyclic) bond motifs is 3. The minimum Gasteiger partial charge on any atom is -0.465 e. The van der Waals surface area contributed by atoms with E-state index in [1.165, 1.54) is 11.7 Å². The van der Waals surface area contributed by atoms with Crippen LogP contribution in [0.5, 0.6) is 0 Å². The van der Waals surface area contributed by atoms with Gasteiger partial charge in [0.2, 0.25) is 5.78 Å². The Labute approximate surface area is 160 Å². The molecule has 0 atom stereocenters. The Morgan fingerprint density at radius 2 is 1.96 bits per heavy atom. The van der Waals surface area contributed by atoms with Gasteiger partial charge in [-0.3, -0.25) is 13.8 Å². The summed E-state index contributed by atoms with van der Waals surface area (Å²) >= 11 is 0. The number of hydrogen-bond acceptors (Lipinski definition) is 6. The normalized spacial score (nSPS) is 11.1. The number of esters is 1. The first kappa shape index (κ1) is 17.7. The lowest BCUT2D eigenvalue weighted by atomic mass is 10.1. The average Bonchev–Trinajstić information content (AvgIpc) is 3.14. The molecule has 1 N–H and O–H groups in total.